The molecule has 26 heavy (non-hydrogen) atoms. The second kappa shape index (κ2) is 6.20. The van der Waals surface area contributed by atoms with Gasteiger partial charge in [-0.15, -0.1) is 0 Å². The van der Waals surface area contributed by atoms with Gasteiger partial charge in [-0.1, -0.05) is 6.07 Å². The fraction of sp³-hybridized carbons (Fsp3) is 0.500. The number of halogens is 1. The van der Waals surface area contributed by atoms with Gasteiger partial charge in [0, 0.05) is 37.7 Å². The van der Waals surface area contributed by atoms with Crippen molar-refractivity contribution in [1.82, 2.24) is 14.7 Å². The lowest BCUT2D eigenvalue weighted by atomic mass is 9.95. The highest BCUT2D eigenvalue weighted by Crippen LogP contribution is 2.33. The molecule has 0 radical (unpaired) electrons. The number of ether oxygens (including phenoxy) is 1. The topological polar surface area (TPSA) is 47.4 Å². The van der Waals surface area contributed by atoms with Crippen molar-refractivity contribution in [2.45, 2.75) is 52.4 Å². The minimum absolute atomic E-state index is 0.0516. The van der Waals surface area contributed by atoms with E-state index in [0.717, 1.165) is 22.4 Å². The van der Waals surface area contributed by atoms with Gasteiger partial charge in [-0.05, 0) is 44.4 Å². The maximum Gasteiger partial charge on any atom is 0.274 e. The second-order valence-corrected chi connectivity index (χ2v) is 7.49. The largest absolute Gasteiger partial charge is 0.369 e. The Balaban J connectivity index is 1.66. The molecule has 2 aliphatic heterocycles. The quantitative estimate of drug-likeness (QED) is 0.788. The molecule has 0 saturated heterocycles. The van der Waals surface area contributed by atoms with Crippen LogP contribution in [-0.4, -0.2) is 33.2 Å². The number of benzene rings is 1. The van der Waals surface area contributed by atoms with Gasteiger partial charge in [0.1, 0.15) is 5.82 Å². The van der Waals surface area contributed by atoms with Crippen LogP contribution in [0.2, 0.25) is 0 Å². The molecule has 1 aromatic carbocycles. The number of aromatic nitrogens is 2. The molecular weight excluding hydrogens is 333 g/mol. The highest BCUT2D eigenvalue weighted by molar-refractivity contribution is 5.94. The molecule has 2 atom stereocenters. The van der Waals surface area contributed by atoms with E-state index in [1.807, 2.05) is 33.9 Å². The van der Waals surface area contributed by atoms with E-state index in [9.17, 15) is 9.18 Å². The number of carbonyl (C=O) groups excluding carboxylic acids is 1. The van der Waals surface area contributed by atoms with Gasteiger partial charge in [-0.3, -0.25) is 9.48 Å². The van der Waals surface area contributed by atoms with Crippen LogP contribution >= 0.6 is 0 Å². The molecule has 2 aromatic rings. The first-order chi connectivity index (χ1) is 12.3. The van der Waals surface area contributed by atoms with Crippen molar-refractivity contribution in [2.24, 2.45) is 7.05 Å². The summed E-state index contributed by atoms with van der Waals surface area (Å²) in [4.78, 5) is 14.9. The van der Waals surface area contributed by atoms with Gasteiger partial charge in [0.05, 0.1) is 17.9 Å². The number of fused-ring (bicyclic) bond motifs is 2. The molecule has 1 amide bonds. The Morgan fingerprint density at radius 3 is 2.85 bits per heavy atom. The molecule has 0 bridgehead atoms. The summed E-state index contributed by atoms with van der Waals surface area (Å²) in [5.74, 6) is -0.343. The zero-order valence-corrected chi connectivity index (χ0v) is 15.7. The van der Waals surface area contributed by atoms with E-state index in [1.165, 1.54) is 6.07 Å². The van der Waals surface area contributed by atoms with E-state index < -0.39 is 0 Å². The van der Waals surface area contributed by atoms with Crippen LogP contribution in [0.4, 0.5) is 4.39 Å². The molecule has 138 valence electrons. The molecule has 2 aliphatic rings. The van der Waals surface area contributed by atoms with E-state index in [0.29, 0.717) is 37.2 Å². The first kappa shape index (κ1) is 17.2. The molecule has 0 N–H and O–H groups in total. The molecule has 0 saturated carbocycles. The molecule has 5 nitrogen and oxygen atoms in total. The van der Waals surface area contributed by atoms with Crippen LogP contribution < -0.4 is 0 Å². The fourth-order valence-electron chi connectivity index (χ4n) is 4.30. The molecule has 0 spiro atoms. The van der Waals surface area contributed by atoms with E-state index in [4.69, 9.17) is 4.74 Å². The van der Waals surface area contributed by atoms with Crippen molar-refractivity contribution in [2.75, 3.05) is 6.54 Å². The number of aryl methyl sites for hydroxylation is 2. The summed E-state index contributed by atoms with van der Waals surface area (Å²) in [7, 11) is 1.85. The first-order valence-corrected chi connectivity index (χ1v) is 9.13. The summed E-state index contributed by atoms with van der Waals surface area (Å²) in [5, 5.41) is 4.50. The predicted octanol–water partition coefficient (Wildman–Crippen LogP) is 3.09. The Morgan fingerprint density at radius 2 is 2.08 bits per heavy atom. The van der Waals surface area contributed by atoms with E-state index in [-0.39, 0.29) is 23.9 Å². The minimum atomic E-state index is -0.226. The number of carbonyl (C=O) groups is 1. The van der Waals surface area contributed by atoms with Crippen LogP contribution in [0.1, 0.15) is 58.4 Å². The van der Waals surface area contributed by atoms with Crippen LogP contribution in [0.25, 0.3) is 0 Å². The van der Waals surface area contributed by atoms with Gasteiger partial charge in [-0.25, -0.2) is 4.39 Å². The summed E-state index contributed by atoms with van der Waals surface area (Å²) in [6.45, 7) is 6.77. The second-order valence-electron chi connectivity index (χ2n) is 7.49. The summed E-state index contributed by atoms with van der Waals surface area (Å²) < 4.78 is 22.0. The molecule has 4 rings (SSSR count). The van der Waals surface area contributed by atoms with Gasteiger partial charge < -0.3 is 9.64 Å². The Hall–Kier alpha value is -2.21. The van der Waals surface area contributed by atoms with Gasteiger partial charge >= 0.3 is 0 Å². The maximum absolute atomic E-state index is 14.4. The zero-order valence-electron chi connectivity index (χ0n) is 15.7. The van der Waals surface area contributed by atoms with Crippen LogP contribution in [-0.2, 0) is 31.2 Å². The van der Waals surface area contributed by atoms with Crippen LogP contribution in [0, 0.1) is 12.7 Å². The van der Waals surface area contributed by atoms with Gasteiger partial charge in [-0.2, -0.15) is 5.10 Å². The minimum Gasteiger partial charge on any atom is -0.369 e. The molecule has 0 fully saturated rings. The molecule has 0 aliphatic carbocycles. The zero-order chi connectivity index (χ0) is 18.6. The monoisotopic (exact) mass is 357 g/mol. The summed E-state index contributed by atoms with van der Waals surface area (Å²) in [6, 6.07) is 3.56. The van der Waals surface area contributed by atoms with Crippen molar-refractivity contribution >= 4 is 5.91 Å². The number of hydrogen-bond donors (Lipinski definition) is 0. The normalized spacial score (nSPS) is 22.1. The Morgan fingerprint density at radius 1 is 1.31 bits per heavy atom. The van der Waals surface area contributed by atoms with E-state index in [1.54, 1.807) is 9.58 Å². The van der Waals surface area contributed by atoms with Crippen molar-refractivity contribution in [3.8, 4) is 0 Å². The maximum atomic E-state index is 14.4. The van der Waals surface area contributed by atoms with Crippen molar-refractivity contribution in [3.05, 3.63) is 51.6 Å². The third kappa shape index (κ3) is 2.72. The number of hydrogen-bond acceptors (Lipinski definition) is 3. The van der Waals surface area contributed by atoms with E-state index >= 15 is 0 Å². The number of amides is 1. The molecule has 1 aromatic heterocycles. The highest BCUT2D eigenvalue weighted by Gasteiger charge is 2.34. The smallest absolute Gasteiger partial charge is 0.274 e. The Labute approximate surface area is 152 Å². The molecule has 3 heterocycles. The summed E-state index contributed by atoms with van der Waals surface area (Å²) in [5.41, 5.74) is 4.98. The lowest BCUT2D eigenvalue weighted by Crippen LogP contribution is -2.37. The lowest BCUT2D eigenvalue weighted by molar-refractivity contribution is -0.00907. The van der Waals surface area contributed by atoms with Crippen LogP contribution in [0.3, 0.4) is 0 Å². The highest BCUT2D eigenvalue weighted by atomic mass is 19.1. The summed E-state index contributed by atoms with van der Waals surface area (Å²) in [6.07, 6.45) is 1.31. The third-order valence-corrected chi connectivity index (χ3v) is 5.43. The van der Waals surface area contributed by atoms with Crippen LogP contribution in [0.15, 0.2) is 12.1 Å². The van der Waals surface area contributed by atoms with Gasteiger partial charge in [0.2, 0.25) is 0 Å². The number of nitrogens with zero attached hydrogens (tertiary/aromatic N) is 3. The van der Waals surface area contributed by atoms with Crippen LogP contribution in [0.5, 0.6) is 0 Å². The Bertz CT molecular complexity index is 890. The Kier molecular flexibility index (Phi) is 4.10. The van der Waals surface area contributed by atoms with Gasteiger partial charge in [0.25, 0.3) is 5.91 Å². The molecular formula is C20H24FN3O2. The van der Waals surface area contributed by atoms with Gasteiger partial charge in [0.15, 0.2) is 5.69 Å². The molecule has 0 unspecified atom stereocenters. The predicted molar refractivity (Wildman–Crippen MR) is 95.5 cm³/mol. The molecule has 6 heteroatoms. The fourth-order valence-corrected chi connectivity index (χ4v) is 4.30. The first-order valence-electron chi connectivity index (χ1n) is 9.13. The average molecular weight is 357 g/mol. The van der Waals surface area contributed by atoms with E-state index in [2.05, 4.69) is 5.10 Å². The summed E-state index contributed by atoms with van der Waals surface area (Å²) >= 11 is 0. The van der Waals surface area contributed by atoms with Crippen molar-refractivity contribution < 1.29 is 13.9 Å². The van der Waals surface area contributed by atoms with Crippen molar-refractivity contribution in [3.63, 3.8) is 0 Å². The standard InChI is InChI=1S/C20H24FN3O2/c1-11-7-14-5-6-24(10-16(14)17(21)8-11)20(25)18-15-9-12(2)26-13(3)19(15)23(4)22-18/h7-8,12-13H,5-6,9-10H2,1-4H3/t12-,13+/m1/s1. The third-order valence-electron chi connectivity index (χ3n) is 5.43. The van der Waals surface area contributed by atoms with Crippen molar-refractivity contribution in [1.29, 1.82) is 0 Å². The average Bonchev–Trinajstić information content (AvgIpc) is 2.90. The SMILES string of the molecule is Cc1cc(F)c2c(c1)CCN(C(=O)c1nn(C)c3c1C[C@@H](C)O[C@H]3C)C2. The number of rotatable bonds is 1. The lowest BCUT2D eigenvalue weighted by Gasteiger charge is -2.30.